The lowest BCUT2D eigenvalue weighted by Gasteiger charge is -2.08. The molecular weight excluding hydrogens is 388 g/mol. The van der Waals surface area contributed by atoms with Crippen LogP contribution in [0.4, 0.5) is 10.5 Å². The summed E-state index contributed by atoms with van der Waals surface area (Å²) in [5.41, 5.74) is 3.39. The van der Waals surface area contributed by atoms with Gasteiger partial charge in [0.15, 0.2) is 11.5 Å². The molecule has 3 rings (SSSR count). The van der Waals surface area contributed by atoms with Gasteiger partial charge in [-0.25, -0.2) is 4.79 Å². The smallest absolute Gasteiger partial charge is 0.325 e. The molecule has 3 aromatic rings. The molecule has 0 radical (unpaired) electrons. The molecule has 1 aromatic heterocycles. The van der Waals surface area contributed by atoms with Gasteiger partial charge in [-0.15, -0.1) is 10.2 Å². The van der Waals surface area contributed by atoms with Crippen LogP contribution in [0.25, 0.3) is 11.4 Å². The van der Waals surface area contributed by atoms with Crippen molar-refractivity contribution >= 4 is 17.6 Å². The van der Waals surface area contributed by atoms with Crippen molar-refractivity contribution in [2.45, 2.75) is 20.4 Å². The number of carbonyl (C=O) groups excluding carboxylic acids is 2. The summed E-state index contributed by atoms with van der Waals surface area (Å²) in [7, 11) is 3.07. The van der Waals surface area contributed by atoms with E-state index in [-0.39, 0.29) is 6.54 Å². The number of imide groups is 1. The summed E-state index contributed by atoms with van der Waals surface area (Å²) < 4.78 is 10.5. The number of anilines is 1. The van der Waals surface area contributed by atoms with E-state index in [2.05, 4.69) is 26.0 Å². The first-order chi connectivity index (χ1) is 14.4. The lowest BCUT2D eigenvalue weighted by molar-refractivity contribution is -0.120. The molecule has 0 fully saturated rings. The van der Waals surface area contributed by atoms with Crippen molar-refractivity contribution in [3.63, 3.8) is 0 Å². The molecule has 156 valence electrons. The van der Waals surface area contributed by atoms with Gasteiger partial charge in [-0.05, 0) is 60.5 Å². The van der Waals surface area contributed by atoms with Crippen LogP contribution in [0.5, 0.6) is 11.5 Å². The molecule has 1 heterocycles. The Morgan fingerprint density at radius 3 is 2.47 bits per heavy atom. The van der Waals surface area contributed by atoms with Crippen LogP contribution in [0.3, 0.4) is 0 Å². The number of urea groups is 1. The molecule has 3 amide bonds. The highest BCUT2D eigenvalue weighted by Gasteiger charge is 2.14. The summed E-state index contributed by atoms with van der Waals surface area (Å²) in [5, 5.41) is 16.8. The number of nitrogens with one attached hydrogen (secondary N) is 2. The molecule has 30 heavy (non-hydrogen) atoms. The van der Waals surface area contributed by atoms with E-state index in [1.54, 1.807) is 31.4 Å². The number of amides is 3. The summed E-state index contributed by atoms with van der Waals surface area (Å²) >= 11 is 0. The van der Waals surface area contributed by atoms with Crippen molar-refractivity contribution in [1.82, 2.24) is 25.5 Å². The molecule has 0 unspecified atom stereocenters. The first-order valence-corrected chi connectivity index (χ1v) is 9.08. The zero-order valence-electron chi connectivity index (χ0n) is 17.1. The highest BCUT2D eigenvalue weighted by molar-refractivity contribution is 6.01. The van der Waals surface area contributed by atoms with E-state index in [0.717, 1.165) is 15.9 Å². The molecular formula is C20H22N6O4. The Bertz CT molecular complexity index is 1080. The molecule has 0 aliphatic heterocycles. The van der Waals surface area contributed by atoms with Crippen LogP contribution in [0, 0.1) is 13.8 Å². The van der Waals surface area contributed by atoms with Gasteiger partial charge >= 0.3 is 6.03 Å². The predicted octanol–water partition coefficient (Wildman–Crippen LogP) is 2.32. The van der Waals surface area contributed by atoms with Crippen molar-refractivity contribution in [2.24, 2.45) is 0 Å². The van der Waals surface area contributed by atoms with Crippen LogP contribution < -0.4 is 20.1 Å². The standard InChI is InChI=1S/C20H22N6O4/c1-12-5-7-15(9-13(12)2)21-20(28)22-18(27)11-26-24-19(23-25-26)14-6-8-16(29-3)17(10-14)30-4/h5-10H,11H2,1-4H3,(H2,21,22,27,28). The number of aromatic nitrogens is 4. The zero-order chi connectivity index (χ0) is 21.7. The SMILES string of the molecule is COc1ccc(-c2nnn(CC(=O)NC(=O)Nc3ccc(C)c(C)c3)n2)cc1OC. The summed E-state index contributed by atoms with van der Waals surface area (Å²) in [6.07, 6.45) is 0. The molecule has 0 atom stereocenters. The van der Waals surface area contributed by atoms with Crippen LogP contribution in [0.2, 0.25) is 0 Å². The van der Waals surface area contributed by atoms with E-state index in [9.17, 15) is 9.59 Å². The molecule has 2 aromatic carbocycles. The highest BCUT2D eigenvalue weighted by Crippen LogP contribution is 2.30. The quantitative estimate of drug-likeness (QED) is 0.640. The lowest BCUT2D eigenvalue weighted by atomic mass is 10.1. The zero-order valence-corrected chi connectivity index (χ0v) is 17.1. The third-order valence-corrected chi connectivity index (χ3v) is 4.40. The Hall–Kier alpha value is -3.95. The fourth-order valence-electron chi connectivity index (χ4n) is 2.68. The second kappa shape index (κ2) is 9.03. The molecule has 0 saturated heterocycles. The van der Waals surface area contributed by atoms with Crippen molar-refractivity contribution < 1.29 is 19.1 Å². The van der Waals surface area contributed by atoms with Gasteiger partial charge in [0.2, 0.25) is 5.82 Å². The first kappa shape index (κ1) is 20.8. The predicted molar refractivity (Wildman–Crippen MR) is 109 cm³/mol. The maximum absolute atomic E-state index is 12.1. The number of rotatable bonds is 6. The average Bonchev–Trinajstić information content (AvgIpc) is 3.18. The molecule has 0 aliphatic rings. The van der Waals surface area contributed by atoms with Crippen LogP contribution in [-0.4, -0.2) is 46.4 Å². The van der Waals surface area contributed by atoms with Crippen molar-refractivity contribution in [1.29, 1.82) is 0 Å². The second-order valence-electron chi connectivity index (χ2n) is 6.51. The molecule has 0 bridgehead atoms. The van der Waals surface area contributed by atoms with E-state index in [4.69, 9.17) is 9.47 Å². The number of hydrogen-bond acceptors (Lipinski definition) is 7. The van der Waals surface area contributed by atoms with E-state index >= 15 is 0 Å². The maximum Gasteiger partial charge on any atom is 0.325 e. The Balaban J connectivity index is 1.60. The van der Waals surface area contributed by atoms with Crippen LogP contribution in [0.15, 0.2) is 36.4 Å². The number of nitrogens with zero attached hydrogens (tertiary/aromatic N) is 4. The largest absolute Gasteiger partial charge is 0.493 e. The summed E-state index contributed by atoms with van der Waals surface area (Å²) in [6, 6.07) is 10.0. The second-order valence-corrected chi connectivity index (χ2v) is 6.51. The topological polar surface area (TPSA) is 120 Å². The molecule has 0 aliphatic carbocycles. The fraction of sp³-hybridized carbons (Fsp3) is 0.250. The Morgan fingerprint density at radius 2 is 1.77 bits per heavy atom. The molecule has 0 saturated carbocycles. The van der Waals surface area contributed by atoms with E-state index in [1.807, 2.05) is 26.0 Å². The minimum absolute atomic E-state index is 0.263. The van der Waals surface area contributed by atoms with Gasteiger partial charge in [0, 0.05) is 11.3 Å². The molecule has 2 N–H and O–H groups in total. The number of hydrogen-bond donors (Lipinski definition) is 2. The van der Waals surface area contributed by atoms with Gasteiger partial charge in [-0.1, -0.05) is 6.07 Å². The van der Waals surface area contributed by atoms with Crippen molar-refractivity contribution in [3.8, 4) is 22.9 Å². The lowest BCUT2D eigenvalue weighted by Crippen LogP contribution is -2.37. The highest BCUT2D eigenvalue weighted by atomic mass is 16.5. The summed E-state index contributed by atoms with van der Waals surface area (Å²) in [4.78, 5) is 25.3. The third-order valence-electron chi connectivity index (χ3n) is 4.40. The number of tetrazole rings is 1. The Morgan fingerprint density at radius 1 is 1.00 bits per heavy atom. The number of carbonyl (C=O) groups is 2. The fourth-order valence-corrected chi connectivity index (χ4v) is 2.68. The van der Waals surface area contributed by atoms with Crippen LogP contribution in [-0.2, 0) is 11.3 Å². The third kappa shape index (κ3) is 4.90. The van der Waals surface area contributed by atoms with Crippen molar-refractivity contribution in [3.05, 3.63) is 47.5 Å². The van der Waals surface area contributed by atoms with Gasteiger partial charge in [0.25, 0.3) is 5.91 Å². The molecule has 10 heteroatoms. The van der Waals surface area contributed by atoms with E-state index in [1.165, 1.54) is 7.11 Å². The first-order valence-electron chi connectivity index (χ1n) is 9.08. The van der Waals surface area contributed by atoms with E-state index < -0.39 is 11.9 Å². The number of benzene rings is 2. The molecule has 0 spiro atoms. The monoisotopic (exact) mass is 410 g/mol. The Kier molecular flexibility index (Phi) is 6.26. The maximum atomic E-state index is 12.1. The number of methoxy groups -OCH3 is 2. The summed E-state index contributed by atoms with van der Waals surface area (Å²) in [6.45, 7) is 3.65. The van der Waals surface area contributed by atoms with Gasteiger partial charge in [0.1, 0.15) is 6.54 Å². The Labute approximate surface area is 173 Å². The van der Waals surface area contributed by atoms with Crippen LogP contribution in [0.1, 0.15) is 11.1 Å². The average molecular weight is 410 g/mol. The minimum atomic E-state index is -0.636. The normalized spacial score (nSPS) is 10.4. The number of aryl methyl sites for hydroxylation is 2. The summed E-state index contributed by atoms with van der Waals surface area (Å²) in [5.74, 6) is 0.825. The van der Waals surface area contributed by atoms with Crippen LogP contribution >= 0.6 is 0 Å². The van der Waals surface area contributed by atoms with Gasteiger partial charge < -0.3 is 14.8 Å². The van der Waals surface area contributed by atoms with Gasteiger partial charge in [-0.2, -0.15) is 4.80 Å². The minimum Gasteiger partial charge on any atom is -0.493 e. The van der Waals surface area contributed by atoms with Crippen molar-refractivity contribution in [2.75, 3.05) is 19.5 Å². The molecule has 10 nitrogen and oxygen atoms in total. The van der Waals surface area contributed by atoms with Gasteiger partial charge in [-0.3, -0.25) is 10.1 Å². The number of ether oxygens (including phenoxy) is 2. The van der Waals surface area contributed by atoms with Gasteiger partial charge in [0.05, 0.1) is 14.2 Å². The van der Waals surface area contributed by atoms with E-state index in [0.29, 0.717) is 28.6 Å².